The topological polar surface area (TPSA) is 267 Å². The first kappa shape index (κ1) is 32.7. The number of hydrogen-bond acceptors (Lipinski definition) is 8. The summed E-state index contributed by atoms with van der Waals surface area (Å²) in [4.78, 5) is 75.8. The number of unbranched alkanes of at least 4 members (excludes halogenated alkanes) is 1. The molecular weight excluding hydrogens is 540 g/mol. The molecule has 0 aliphatic heterocycles. The molecule has 41 heavy (non-hydrogen) atoms. The van der Waals surface area contributed by atoms with Crippen molar-refractivity contribution in [3.05, 3.63) is 36.0 Å². The number of para-hydroxylation sites is 1. The molecule has 3 amide bonds. The molecule has 0 saturated heterocycles. The van der Waals surface area contributed by atoms with E-state index in [4.69, 9.17) is 21.7 Å². The average molecular weight is 577 g/mol. The molecule has 2 rings (SSSR count). The van der Waals surface area contributed by atoms with E-state index in [1.807, 2.05) is 6.07 Å². The predicted molar refractivity (Wildman–Crippen MR) is 145 cm³/mol. The highest BCUT2D eigenvalue weighted by Gasteiger charge is 2.31. The Morgan fingerprint density at radius 1 is 0.805 bits per heavy atom. The van der Waals surface area contributed by atoms with Crippen LogP contribution in [0.4, 0.5) is 0 Å². The number of hydrogen-bond donors (Lipinski definition) is 9. The van der Waals surface area contributed by atoms with Crippen molar-refractivity contribution in [2.24, 2.45) is 11.5 Å². The van der Waals surface area contributed by atoms with Crippen molar-refractivity contribution in [1.82, 2.24) is 20.9 Å². The summed E-state index contributed by atoms with van der Waals surface area (Å²) in [6, 6.07) is 1.65. The fourth-order valence-corrected chi connectivity index (χ4v) is 4.12. The number of carboxylic acids is 3. The molecule has 0 saturated carbocycles. The number of fused-ring (bicyclic) bond motifs is 1. The molecule has 0 unspecified atom stereocenters. The molecule has 1 aromatic carbocycles. The van der Waals surface area contributed by atoms with Crippen LogP contribution in [0.1, 0.15) is 44.1 Å². The van der Waals surface area contributed by atoms with Crippen LogP contribution in [-0.4, -0.2) is 86.6 Å². The number of aliphatic carboxylic acids is 3. The van der Waals surface area contributed by atoms with E-state index in [2.05, 4.69) is 20.9 Å². The zero-order chi connectivity index (χ0) is 30.5. The molecule has 0 spiro atoms. The lowest BCUT2D eigenvalue weighted by atomic mass is 10.0. The molecule has 0 bridgehead atoms. The quantitative estimate of drug-likeness (QED) is 0.0976. The van der Waals surface area contributed by atoms with Crippen LogP contribution in [-0.2, 0) is 35.2 Å². The van der Waals surface area contributed by atoms with Crippen LogP contribution < -0.4 is 27.4 Å². The number of H-pyrrole nitrogens is 1. The van der Waals surface area contributed by atoms with Crippen molar-refractivity contribution in [3.63, 3.8) is 0 Å². The number of nitrogens with two attached hydrogens (primary N) is 2. The summed E-state index contributed by atoms with van der Waals surface area (Å²) >= 11 is 0. The molecule has 224 valence electrons. The second kappa shape index (κ2) is 15.9. The molecule has 1 heterocycles. The molecule has 0 aliphatic carbocycles. The van der Waals surface area contributed by atoms with E-state index in [1.165, 1.54) is 0 Å². The van der Waals surface area contributed by atoms with Crippen LogP contribution in [0.15, 0.2) is 30.5 Å². The highest BCUT2D eigenvalue weighted by atomic mass is 16.4. The molecule has 15 heteroatoms. The minimum Gasteiger partial charge on any atom is -0.481 e. The van der Waals surface area contributed by atoms with Crippen LogP contribution >= 0.6 is 0 Å². The Balaban J connectivity index is 2.20. The van der Waals surface area contributed by atoms with Crippen LogP contribution in [0, 0.1) is 0 Å². The molecule has 11 N–H and O–H groups in total. The monoisotopic (exact) mass is 576 g/mol. The van der Waals surface area contributed by atoms with Gasteiger partial charge in [0, 0.05) is 29.9 Å². The van der Waals surface area contributed by atoms with Crippen molar-refractivity contribution in [2.45, 2.75) is 69.1 Å². The number of carbonyl (C=O) groups is 6. The van der Waals surface area contributed by atoms with E-state index in [0.29, 0.717) is 24.9 Å². The summed E-state index contributed by atoms with van der Waals surface area (Å²) in [6.07, 6.45) is 0.920. The first-order valence-corrected chi connectivity index (χ1v) is 13.0. The van der Waals surface area contributed by atoms with Gasteiger partial charge in [0.05, 0.1) is 12.5 Å². The van der Waals surface area contributed by atoms with Gasteiger partial charge in [0.25, 0.3) is 0 Å². The number of benzene rings is 1. The summed E-state index contributed by atoms with van der Waals surface area (Å²) in [6.45, 7) is 0.303. The summed E-state index contributed by atoms with van der Waals surface area (Å²) in [7, 11) is 0. The third-order valence-corrected chi connectivity index (χ3v) is 6.30. The van der Waals surface area contributed by atoms with Gasteiger partial charge < -0.3 is 47.7 Å². The molecule has 15 nitrogen and oxygen atoms in total. The van der Waals surface area contributed by atoms with Gasteiger partial charge in [-0.05, 0) is 43.9 Å². The average Bonchev–Trinajstić information content (AvgIpc) is 3.32. The third-order valence-electron chi connectivity index (χ3n) is 6.30. The zero-order valence-electron chi connectivity index (χ0n) is 22.3. The van der Waals surface area contributed by atoms with Gasteiger partial charge in [-0.3, -0.25) is 24.0 Å². The smallest absolute Gasteiger partial charge is 0.326 e. The highest BCUT2D eigenvalue weighted by Crippen LogP contribution is 2.19. The third kappa shape index (κ3) is 10.5. The minimum absolute atomic E-state index is 0.0696. The number of carbonyl (C=O) groups excluding carboxylic acids is 3. The SMILES string of the molecule is NCCCC[C@H](NC(=O)[C@@H](N)CC(=O)O)C(=O)N[C@@H](CCC(=O)O)C(=O)N[C@@H](Cc1c[nH]c2ccccc12)C(=O)O. The van der Waals surface area contributed by atoms with Crippen molar-refractivity contribution < 1.29 is 44.1 Å². The Morgan fingerprint density at radius 2 is 1.41 bits per heavy atom. The molecular formula is C26H36N6O9. The summed E-state index contributed by atoms with van der Waals surface area (Å²) in [5.74, 6) is -6.60. The Kier molecular flexibility index (Phi) is 12.7. The van der Waals surface area contributed by atoms with Crippen LogP contribution in [0.5, 0.6) is 0 Å². The van der Waals surface area contributed by atoms with Gasteiger partial charge in [0.1, 0.15) is 18.1 Å². The Hall–Kier alpha value is -4.50. The number of rotatable bonds is 18. The predicted octanol–water partition coefficient (Wildman–Crippen LogP) is -0.955. The zero-order valence-corrected chi connectivity index (χ0v) is 22.3. The number of nitrogens with one attached hydrogen (secondary N) is 4. The van der Waals surface area contributed by atoms with E-state index in [-0.39, 0.29) is 19.3 Å². The molecule has 2 aromatic rings. The molecule has 0 fully saturated rings. The van der Waals surface area contributed by atoms with Crippen molar-refractivity contribution in [3.8, 4) is 0 Å². The van der Waals surface area contributed by atoms with E-state index < -0.39 is 72.6 Å². The second-order valence-corrected chi connectivity index (χ2v) is 9.51. The van der Waals surface area contributed by atoms with Gasteiger partial charge in [-0.1, -0.05) is 18.2 Å². The van der Waals surface area contributed by atoms with Gasteiger partial charge in [-0.2, -0.15) is 0 Å². The Labute approximate surface area is 235 Å². The second-order valence-electron chi connectivity index (χ2n) is 9.51. The van der Waals surface area contributed by atoms with Gasteiger partial charge in [0.15, 0.2) is 0 Å². The first-order valence-electron chi connectivity index (χ1n) is 13.0. The lowest BCUT2D eigenvalue weighted by molar-refractivity contribution is -0.143. The molecule has 0 aliphatic rings. The number of aromatic amines is 1. The van der Waals surface area contributed by atoms with Crippen LogP contribution in [0.25, 0.3) is 10.9 Å². The van der Waals surface area contributed by atoms with E-state index in [1.54, 1.807) is 24.4 Å². The molecule has 0 radical (unpaired) electrons. The highest BCUT2D eigenvalue weighted by molar-refractivity contribution is 5.95. The lowest BCUT2D eigenvalue weighted by Crippen LogP contribution is -2.57. The Morgan fingerprint density at radius 3 is 2.02 bits per heavy atom. The first-order chi connectivity index (χ1) is 19.4. The normalized spacial score (nSPS) is 13.9. The number of carboxylic acid groups (broad SMARTS) is 3. The van der Waals surface area contributed by atoms with E-state index >= 15 is 0 Å². The minimum atomic E-state index is -1.45. The summed E-state index contributed by atoms with van der Waals surface area (Å²) in [5.41, 5.74) is 12.5. The van der Waals surface area contributed by atoms with Crippen molar-refractivity contribution in [1.29, 1.82) is 0 Å². The standard InChI is InChI=1S/C26H36N6O9/c27-10-4-3-7-18(30-23(37)16(28)12-22(35)36)24(38)31-19(8-9-21(33)34)25(39)32-20(26(40)41)11-14-13-29-17-6-2-1-5-15(14)17/h1-2,5-6,13,16,18-20,29H,3-4,7-12,27-28H2,(H,30,37)(H,31,38)(H,32,39)(H,33,34)(H,35,36)(H,40,41)/t16-,18-,19-,20-/m0/s1. The van der Waals surface area contributed by atoms with Gasteiger partial charge in [0.2, 0.25) is 17.7 Å². The van der Waals surface area contributed by atoms with Crippen molar-refractivity contribution in [2.75, 3.05) is 6.54 Å². The lowest BCUT2D eigenvalue weighted by Gasteiger charge is -2.25. The fraction of sp³-hybridized carbons (Fsp3) is 0.462. The summed E-state index contributed by atoms with van der Waals surface area (Å²) in [5, 5.41) is 35.7. The molecule has 4 atom stereocenters. The maximum absolute atomic E-state index is 13.2. The van der Waals surface area contributed by atoms with Gasteiger partial charge in [-0.15, -0.1) is 0 Å². The number of aromatic nitrogens is 1. The molecule has 1 aromatic heterocycles. The van der Waals surface area contributed by atoms with Crippen molar-refractivity contribution >= 4 is 46.5 Å². The largest absolute Gasteiger partial charge is 0.481 e. The maximum Gasteiger partial charge on any atom is 0.326 e. The Bertz CT molecular complexity index is 1250. The number of amides is 3. The van der Waals surface area contributed by atoms with Gasteiger partial charge in [-0.25, -0.2) is 4.79 Å². The van der Waals surface area contributed by atoms with Crippen LogP contribution in [0.3, 0.4) is 0 Å². The van der Waals surface area contributed by atoms with E-state index in [9.17, 15) is 33.9 Å². The fourth-order valence-electron chi connectivity index (χ4n) is 4.12. The van der Waals surface area contributed by atoms with Crippen LogP contribution in [0.2, 0.25) is 0 Å². The maximum atomic E-state index is 13.2. The summed E-state index contributed by atoms with van der Waals surface area (Å²) < 4.78 is 0. The van der Waals surface area contributed by atoms with E-state index in [0.717, 1.165) is 10.9 Å². The van der Waals surface area contributed by atoms with Gasteiger partial charge >= 0.3 is 17.9 Å².